The van der Waals surface area contributed by atoms with Crippen LogP contribution < -0.4 is 10.6 Å². The summed E-state index contributed by atoms with van der Waals surface area (Å²) in [6.07, 6.45) is 4.48. The van der Waals surface area contributed by atoms with Gasteiger partial charge in [-0.25, -0.2) is 8.78 Å². The quantitative estimate of drug-likeness (QED) is 0.747. The van der Waals surface area contributed by atoms with Crippen LogP contribution in [-0.4, -0.2) is 10.9 Å². The van der Waals surface area contributed by atoms with Crippen molar-refractivity contribution >= 4 is 17.3 Å². The smallest absolute Gasteiger partial charge is 0.257 e. The average Bonchev–Trinajstić information content (AvgIpc) is 3.09. The first-order valence-electron chi connectivity index (χ1n) is 7.09. The van der Waals surface area contributed by atoms with Gasteiger partial charge in [0.1, 0.15) is 17.4 Å². The summed E-state index contributed by atoms with van der Waals surface area (Å²) in [5.41, 5.74) is 0.747. The van der Waals surface area contributed by atoms with Crippen LogP contribution in [0.2, 0.25) is 0 Å². The molecule has 0 bridgehead atoms. The molecule has 5 nitrogen and oxygen atoms in total. The molecule has 122 valence electrons. The van der Waals surface area contributed by atoms with Gasteiger partial charge in [-0.3, -0.25) is 9.78 Å². The Bertz CT molecular complexity index is 851. The van der Waals surface area contributed by atoms with Crippen LogP contribution >= 0.6 is 0 Å². The second kappa shape index (κ2) is 6.91. The second-order valence-electron chi connectivity index (χ2n) is 4.97. The fraction of sp³-hybridized carbons (Fsp3) is 0.0588. The number of amides is 1. The summed E-state index contributed by atoms with van der Waals surface area (Å²) in [5.74, 6) is -1.37. The lowest BCUT2D eigenvalue weighted by Gasteiger charge is -2.08. The SMILES string of the molecule is O=C(Nc1ccc(F)cc1F)c1cncc(NCc2ccco2)c1. The molecule has 0 spiro atoms. The van der Waals surface area contributed by atoms with Gasteiger partial charge in [0, 0.05) is 18.5 Å². The van der Waals surface area contributed by atoms with Crippen molar-refractivity contribution in [2.24, 2.45) is 0 Å². The van der Waals surface area contributed by atoms with Crippen LogP contribution in [0.3, 0.4) is 0 Å². The number of nitrogens with one attached hydrogen (secondary N) is 2. The number of pyridine rings is 1. The first-order valence-corrected chi connectivity index (χ1v) is 7.09. The molecule has 0 aliphatic carbocycles. The maximum atomic E-state index is 13.6. The summed E-state index contributed by atoms with van der Waals surface area (Å²) in [4.78, 5) is 16.2. The molecule has 0 unspecified atom stereocenters. The molecule has 0 saturated heterocycles. The number of hydrogen-bond acceptors (Lipinski definition) is 4. The molecule has 24 heavy (non-hydrogen) atoms. The highest BCUT2D eigenvalue weighted by Crippen LogP contribution is 2.17. The number of anilines is 2. The van der Waals surface area contributed by atoms with Crippen LogP contribution in [-0.2, 0) is 6.54 Å². The van der Waals surface area contributed by atoms with Gasteiger partial charge in [0.05, 0.1) is 29.7 Å². The molecule has 1 amide bonds. The monoisotopic (exact) mass is 329 g/mol. The number of aromatic nitrogens is 1. The highest BCUT2D eigenvalue weighted by atomic mass is 19.1. The Morgan fingerprint density at radius 1 is 1.17 bits per heavy atom. The Balaban J connectivity index is 1.69. The molecule has 2 aromatic heterocycles. The topological polar surface area (TPSA) is 67.2 Å². The van der Waals surface area contributed by atoms with Crippen LogP contribution in [0.4, 0.5) is 20.2 Å². The normalized spacial score (nSPS) is 10.4. The Morgan fingerprint density at radius 3 is 2.79 bits per heavy atom. The summed E-state index contributed by atoms with van der Waals surface area (Å²) in [5, 5.41) is 5.45. The number of benzene rings is 1. The van der Waals surface area contributed by atoms with Gasteiger partial charge < -0.3 is 15.1 Å². The lowest BCUT2D eigenvalue weighted by molar-refractivity contribution is 0.102. The van der Waals surface area contributed by atoms with Crippen molar-refractivity contribution < 1.29 is 18.0 Å². The molecule has 2 N–H and O–H groups in total. The van der Waals surface area contributed by atoms with E-state index in [1.165, 1.54) is 6.20 Å². The molecule has 3 rings (SSSR count). The summed E-state index contributed by atoms with van der Waals surface area (Å²) in [7, 11) is 0. The van der Waals surface area contributed by atoms with Crippen molar-refractivity contribution in [3.05, 3.63) is 78.0 Å². The van der Waals surface area contributed by atoms with Gasteiger partial charge in [-0.2, -0.15) is 0 Å². The van der Waals surface area contributed by atoms with Gasteiger partial charge in [0.25, 0.3) is 5.91 Å². The Kier molecular flexibility index (Phi) is 4.51. The van der Waals surface area contributed by atoms with Crippen molar-refractivity contribution in [1.29, 1.82) is 0 Å². The van der Waals surface area contributed by atoms with Crippen LogP contribution in [0.15, 0.2) is 59.5 Å². The molecule has 7 heteroatoms. The third-order valence-corrected chi connectivity index (χ3v) is 3.23. The number of hydrogen-bond donors (Lipinski definition) is 2. The van der Waals surface area contributed by atoms with Crippen LogP contribution in [0.1, 0.15) is 16.1 Å². The molecule has 3 aromatic rings. The number of rotatable bonds is 5. The fourth-order valence-corrected chi connectivity index (χ4v) is 2.05. The number of carbonyl (C=O) groups excluding carboxylic acids is 1. The van der Waals surface area contributed by atoms with Gasteiger partial charge in [-0.05, 0) is 30.3 Å². The fourth-order valence-electron chi connectivity index (χ4n) is 2.05. The van der Waals surface area contributed by atoms with Crippen LogP contribution in [0.5, 0.6) is 0 Å². The van der Waals surface area contributed by atoms with E-state index in [4.69, 9.17) is 4.42 Å². The molecule has 1 aromatic carbocycles. The summed E-state index contributed by atoms with van der Waals surface area (Å²) in [6, 6.07) is 8.10. The van der Waals surface area contributed by atoms with Crippen molar-refractivity contribution in [2.75, 3.05) is 10.6 Å². The molecule has 0 fully saturated rings. The predicted molar refractivity (Wildman–Crippen MR) is 84.6 cm³/mol. The summed E-state index contributed by atoms with van der Waals surface area (Å²) < 4.78 is 31.7. The molecule has 0 aliphatic heterocycles. The molecular formula is C17H13F2N3O2. The second-order valence-corrected chi connectivity index (χ2v) is 4.97. The minimum absolute atomic E-state index is 0.102. The molecule has 0 aliphatic rings. The summed E-state index contributed by atoms with van der Waals surface area (Å²) in [6.45, 7) is 0.437. The van der Waals surface area contributed by atoms with E-state index in [2.05, 4.69) is 15.6 Å². The molecular weight excluding hydrogens is 316 g/mol. The molecule has 0 saturated carbocycles. The first-order chi connectivity index (χ1) is 11.6. The van der Waals surface area contributed by atoms with Crippen molar-refractivity contribution in [1.82, 2.24) is 4.98 Å². The zero-order valence-corrected chi connectivity index (χ0v) is 12.4. The highest BCUT2D eigenvalue weighted by molar-refractivity contribution is 6.04. The lowest BCUT2D eigenvalue weighted by Crippen LogP contribution is -2.14. The largest absolute Gasteiger partial charge is 0.467 e. The van der Waals surface area contributed by atoms with Gasteiger partial charge in [0.15, 0.2) is 0 Å². The lowest BCUT2D eigenvalue weighted by atomic mass is 10.2. The molecule has 0 radical (unpaired) electrons. The standard InChI is InChI=1S/C17H13F2N3O2/c18-12-3-4-16(15(19)7-12)22-17(23)11-6-13(9-20-8-11)21-10-14-2-1-5-24-14/h1-9,21H,10H2,(H,22,23). The van der Waals surface area contributed by atoms with Gasteiger partial charge in [-0.1, -0.05) is 0 Å². The van der Waals surface area contributed by atoms with Crippen LogP contribution in [0, 0.1) is 11.6 Å². The van der Waals surface area contributed by atoms with E-state index in [1.54, 1.807) is 24.6 Å². The van der Waals surface area contributed by atoms with Crippen molar-refractivity contribution in [2.45, 2.75) is 6.54 Å². The number of halogens is 2. The van der Waals surface area contributed by atoms with Gasteiger partial charge >= 0.3 is 0 Å². The highest BCUT2D eigenvalue weighted by Gasteiger charge is 2.11. The van der Waals surface area contributed by atoms with E-state index in [9.17, 15) is 13.6 Å². The number of furan rings is 1. The summed E-state index contributed by atoms with van der Waals surface area (Å²) >= 11 is 0. The van der Waals surface area contributed by atoms with E-state index in [0.29, 0.717) is 18.3 Å². The predicted octanol–water partition coefficient (Wildman–Crippen LogP) is 3.82. The maximum absolute atomic E-state index is 13.6. The number of carbonyl (C=O) groups is 1. The third-order valence-electron chi connectivity index (χ3n) is 3.23. The van der Waals surface area contributed by atoms with Crippen molar-refractivity contribution in [3.8, 4) is 0 Å². The van der Waals surface area contributed by atoms with E-state index >= 15 is 0 Å². The van der Waals surface area contributed by atoms with E-state index in [0.717, 1.165) is 17.9 Å². The Hall–Kier alpha value is -3.22. The van der Waals surface area contributed by atoms with Crippen LogP contribution in [0.25, 0.3) is 0 Å². The van der Waals surface area contributed by atoms with Crippen molar-refractivity contribution in [3.63, 3.8) is 0 Å². The zero-order valence-electron chi connectivity index (χ0n) is 12.4. The van der Waals surface area contributed by atoms with E-state index < -0.39 is 17.5 Å². The Labute approximate surface area is 136 Å². The molecule has 2 heterocycles. The van der Waals surface area contributed by atoms with E-state index in [1.807, 2.05) is 6.07 Å². The van der Waals surface area contributed by atoms with Gasteiger partial charge in [-0.15, -0.1) is 0 Å². The van der Waals surface area contributed by atoms with E-state index in [-0.39, 0.29) is 11.3 Å². The first kappa shape index (κ1) is 15.7. The Morgan fingerprint density at radius 2 is 2.04 bits per heavy atom. The molecule has 0 atom stereocenters. The zero-order chi connectivity index (χ0) is 16.9. The minimum atomic E-state index is -0.844. The minimum Gasteiger partial charge on any atom is -0.467 e. The van der Waals surface area contributed by atoms with Gasteiger partial charge in [0.2, 0.25) is 0 Å². The maximum Gasteiger partial charge on any atom is 0.257 e. The number of nitrogens with zero attached hydrogens (tertiary/aromatic N) is 1. The third kappa shape index (κ3) is 3.75. The average molecular weight is 329 g/mol.